The fourth-order valence-electron chi connectivity index (χ4n) is 2.68. The number of hydrogen-bond donors (Lipinski definition) is 1. The highest BCUT2D eigenvalue weighted by atomic mass is 32.1. The van der Waals surface area contributed by atoms with Crippen LogP contribution in [0, 0.1) is 6.92 Å². The Labute approximate surface area is 161 Å². The molecule has 3 aromatic rings. The van der Waals surface area contributed by atoms with Crippen molar-refractivity contribution in [1.29, 1.82) is 0 Å². The molecule has 2 amide bonds. The number of thiazole rings is 1. The van der Waals surface area contributed by atoms with Gasteiger partial charge in [-0.25, -0.2) is 4.98 Å². The number of rotatable bonds is 8. The molecule has 0 atom stereocenters. The van der Waals surface area contributed by atoms with Crippen molar-refractivity contribution >= 4 is 39.2 Å². The molecule has 0 aliphatic rings. The largest absolute Gasteiger partial charge is 0.360 e. The Morgan fingerprint density at radius 3 is 2.81 bits per heavy atom. The Morgan fingerprint density at radius 1 is 1.26 bits per heavy atom. The molecule has 27 heavy (non-hydrogen) atoms. The monoisotopic (exact) mass is 386 g/mol. The van der Waals surface area contributed by atoms with Crippen LogP contribution in [-0.4, -0.2) is 40.4 Å². The molecule has 8 heteroatoms. The SMILES string of the molecule is Cc1cc(NC(=O)CN(C)C(=O)CCCCc2nc3ccccc3s2)no1. The van der Waals surface area contributed by atoms with Gasteiger partial charge in [0.25, 0.3) is 0 Å². The number of benzene rings is 1. The van der Waals surface area contributed by atoms with Gasteiger partial charge < -0.3 is 14.7 Å². The molecule has 0 saturated carbocycles. The van der Waals surface area contributed by atoms with Gasteiger partial charge in [0.2, 0.25) is 11.8 Å². The molecule has 0 aliphatic carbocycles. The van der Waals surface area contributed by atoms with Crippen molar-refractivity contribution in [3.63, 3.8) is 0 Å². The number of aryl methyl sites for hydroxylation is 2. The van der Waals surface area contributed by atoms with Crippen LogP contribution in [0.25, 0.3) is 10.2 Å². The Kier molecular flexibility index (Phi) is 6.18. The van der Waals surface area contributed by atoms with E-state index in [1.165, 1.54) is 9.60 Å². The number of anilines is 1. The van der Waals surface area contributed by atoms with Gasteiger partial charge in [-0.1, -0.05) is 17.3 Å². The first-order chi connectivity index (χ1) is 13.0. The maximum Gasteiger partial charge on any atom is 0.245 e. The van der Waals surface area contributed by atoms with Crippen molar-refractivity contribution in [3.05, 3.63) is 41.1 Å². The van der Waals surface area contributed by atoms with Crippen molar-refractivity contribution in [3.8, 4) is 0 Å². The van der Waals surface area contributed by atoms with Gasteiger partial charge in [0.05, 0.1) is 21.8 Å². The van der Waals surface area contributed by atoms with Crippen LogP contribution in [0.2, 0.25) is 0 Å². The third-order valence-corrected chi connectivity index (χ3v) is 5.17. The molecule has 2 aromatic heterocycles. The Bertz CT molecular complexity index is 901. The van der Waals surface area contributed by atoms with Crippen LogP contribution in [0.1, 0.15) is 30.0 Å². The molecule has 1 aromatic carbocycles. The minimum Gasteiger partial charge on any atom is -0.360 e. The highest BCUT2D eigenvalue weighted by Crippen LogP contribution is 2.22. The number of nitrogens with zero attached hydrogens (tertiary/aromatic N) is 3. The standard InChI is InChI=1S/C19H22N4O3S/c1-13-11-16(22-26-13)21-17(24)12-23(2)19(25)10-6-5-9-18-20-14-7-3-4-8-15(14)27-18/h3-4,7-8,11H,5-6,9-10,12H2,1-2H3,(H,21,22,24). The lowest BCUT2D eigenvalue weighted by molar-refractivity contribution is -0.133. The highest BCUT2D eigenvalue weighted by Gasteiger charge is 2.14. The number of aromatic nitrogens is 2. The van der Waals surface area contributed by atoms with Crippen LogP contribution >= 0.6 is 11.3 Å². The number of para-hydroxylation sites is 1. The Morgan fingerprint density at radius 2 is 2.07 bits per heavy atom. The zero-order valence-electron chi connectivity index (χ0n) is 15.4. The number of fused-ring (bicyclic) bond motifs is 1. The van der Waals surface area contributed by atoms with Crippen LogP contribution in [0.4, 0.5) is 5.82 Å². The molecule has 0 radical (unpaired) electrons. The lowest BCUT2D eigenvalue weighted by Gasteiger charge is -2.16. The summed E-state index contributed by atoms with van der Waals surface area (Å²) in [6, 6.07) is 9.71. The van der Waals surface area contributed by atoms with E-state index in [4.69, 9.17) is 4.52 Å². The summed E-state index contributed by atoms with van der Waals surface area (Å²) in [5.41, 5.74) is 1.03. The highest BCUT2D eigenvalue weighted by molar-refractivity contribution is 7.18. The van der Waals surface area contributed by atoms with E-state index in [0.717, 1.165) is 29.8 Å². The fraction of sp³-hybridized carbons (Fsp3) is 0.368. The van der Waals surface area contributed by atoms with Crippen LogP contribution < -0.4 is 5.32 Å². The molecule has 0 bridgehead atoms. The lowest BCUT2D eigenvalue weighted by Crippen LogP contribution is -2.34. The molecule has 0 saturated heterocycles. The van der Waals surface area contributed by atoms with Gasteiger partial charge in [-0.05, 0) is 38.3 Å². The average Bonchev–Trinajstić information content (AvgIpc) is 3.23. The summed E-state index contributed by atoms with van der Waals surface area (Å²) < 4.78 is 6.08. The van der Waals surface area contributed by atoms with E-state index in [1.54, 1.807) is 31.4 Å². The zero-order valence-corrected chi connectivity index (χ0v) is 16.2. The summed E-state index contributed by atoms with van der Waals surface area (Å²) >= 11 is 1.70. The van der Waals surface area contributed by atoms with Crippen LogP contribution in [0.15, 0.2) is 34.9 Å². The number of carbonyl (C=O) groups excluding carboxylic acids is 2. The Balaban J connectivity index is 1.37. The minimum absolute atomic E-state index is 0.0113. The molecule has 142 valence electrons. The molecule has 7 nitrogen and oxygen atoms in total. The van der Waals surface area contributed by atoms with Crippen molar-refractivity contribution in [2.75, 3.05) is 18.9 Å². The quantitative estimate of drug-likeness (QED) is 0.600. The molecule has 0 spiro atoms. The van der Waals surface area contributed by atoms with E-state index in [2.05, 4.69) is 21.5 Å². The molecular weight excluding hydrogens is 364 g/mol. The lowest BCUT2D eigenvalue weighted by atomic mass is 10.2. The molecule has 2 heterocycles. The number of carbonyl (C=O) groups is 2. The van der Waals surface area contributed by atoms with E-state index in [0.29, 0.717) is 18.0 Å². The molecule has 1 N–H and O–H groups in total. The second kappa shape index (κ2) is 8.77. The molecule has 0 aliphatic heterocycles. The molecule has 3 rings (SSSR count). The zero-order chi connectivity index (χ0) is 19.2. The fourth-order valence-corrected chi connectivity index (χ4v) is 3.69. The van der Waals surface area contributed by atoms with Gasteiger partial charge in [-0.2, -0.15) is 0 Å². The third kappa shape index (κ3) is 5.37. The number of unbranched alkanes of at least 4 members (excludes halogenated alkanes) is 1. The molecule has 0 fully saturated rings. The van der Waals surface area contributed by atoms with Crippen molar-refractivity contribution < 1.29 is 14.1 Å². The number of amides is 2. The maximum absolute atomic E-state index is 12.2. The van der Waals surface area contributed by atoms with Crippen molar-refractivity contribution in [2.24, 2.45) is 0 Å². The van der Waals surface area contributed by atoms with Crippen LogP contribution in [-0.2, 0) is 16.0 Å². The van der Waals surface area contributed by atoms with Gasteiger partial charge in [-0.3, -0.25) is 9.59 Å². The first-order valence-corrected chi connectivity index (χ1v) is 9.64. The Hall–Kier alpha value is -2.74. The number of nitrogens with one attached hydrogen (secondary N) is 1. The predicted molar refractivity (Wildman–Crippen MR) is 105 cm³/mol. The van der Waals surface area contributed by atoms with Crippen LogP contribution in [0.5, 0.6) is 0 Å². The average molecular weight is 386 g/mol. The maximum atomic E-state index is 12.2. The molecule has 0 unspecified atom stereocenters. The van der Waals surface area contributed by atoms with E-state index < -0.39 is 0 Å². The first kappa shape index (κ1) is 19.0. The summed E-state index contributed by atoms with van der Waals surface area (Å²) in [7, 11) is 1.63. The van der Waals surface area contributed by atoms with E-state index in [9.17, 15) is 9.59 Å². The summed E-state index contributed by atoms with van der Waals surface area (Å²) in [6.45, 7) is 1.73. The number of likely N-dealkylation sites (N-methyl/N-ethyl adjacent to an activating group) is 1. The van der Waals surface area contributed by atoms with Gasteiger partial charge in [0, 0.05) is 19.5 Å². The van der Waals surface area contributed by atoms with Gasteiger partial charge in [0.1, 0.15) is 5.76 Å². The minimum atomic E-state index is -0.298. The predicted octanol–water partition coefficient (Wildman–Crippen LogP) is 3.40. The van der Waals surface area contributed by atoms with Crippen molar-refractivity contribution in [1.82, 2.24) is 15.0 Å². The molecular formula is C19H22N4O3S. The topological polar surface area (TPSA) is 88.3 Å². The summed E-state index contributed by atoms with van der Waals surface area (Å²) in [6.07, 6.45) is 2.94. The van der Waals surface area contributed by atoms with Gasteiger partial charge in [0.15, 0.2) is 5.82 Å². The van der Waals surface area contributed by atoms with Gasteiger partial charge in [-0.15, -0.1) is 11.3 Å². The van der Waals surface area contributed by atoms with Gasteiger partial charge >= 0.3 is 0 Å². The first-order valence-electron chi connectivity index (χ1n) is 8.83. The summed E-state index contributed by atoms with van der Waals surface area (Å²) in [5.74, 6) is 0.622. The van der Waals surface area contributed by atoms with E-state index in [-0.39, 0.29) is 18.4 Å². The van der Waals surface area contributed by atoms with Crippen LogP contribution in [0.3, 0.4) is 0 Å². The van der Waals surface area contributed by atoms with E-state index in [1.807, 2.05) is 18.2 Å². The summed E-state index contributed by atoms with van der Waals surface area (Å²) in [4.78, 5) is 30.2. The second-order valence-corrected chi connectivity index (χ2v) is 7.52. The third-order valence-electron chi connectivity index (χ3n) is 4.07. The second-order valence-electron chi connectivity index (χ2n) is 6.40. The normalized spacial score (nSPS) is 10.9. The van der Waals surface area contributed by atoms with E-state index >= 15 is 0 Å². The van der Waals surface area contributed by atoms with Crippen molar-refractivity contribution in [2.45, 2.75) is 32.6 Å². The smallest absolute Gasteiger partial charge is 0.245 e. The summed E-state index contributed by atoms with van der Waals surface area (Å²) in [5, 5.41) is 7.40. The number of hydrogen-bond acceptors (Lipinski definition) is 6.